The molecular weight excluding hydrogens is 499 g/mol. The van der Waals surface area contributed by atoms with Gasteiger partial charge in [0, 0.05) is 33.2 Å². The van der Waals surface area contributed by atoms with Crippen LogP contribution in [0.1, 0.15) is 29.5 Å². The highest BCUT2D eigenvalue weighted by atomic mass is 127. The first kappa shape index (κ1) is 23.6. The molecule has 0 aromatic heterocycles. The lowest BCUT2D eigenvalue weighted by molar-refractivity contribution is 0.476. The first-order valence-corrected chi connectivity index (χ1v) is 10.9. The Morgan fingerprint density at radius 3 is 2.21 bits per heavy atom. The predicted octanol–water partition coefficient (Wildman–Crippen LogP) is 3.26. The maximum atomic E-state index is 12.2. The third-order valence-electron chi connectivity index (χ3n) is 4.70. The number of nitrogens with zero attached hydrogens (tertiary/aromatic N) is 2. The molecular formula is C21H29IN4O2S. The van der Waals surface area contributed by atoms with Gasteiger partial charge in [-0.1, -0.05) is 42.0 Å². The van der Waals surface area contributed by atoms with Gasteiger partial charge in [-0.15, -0.1) is 24.0 Å². The number of aryl methyl sites for hydroxylation is 1. The summed E-state index contributed by atoms with van der Waals surface area (Å²) < 4.78 is 27.2. The van der Waals surface area contributed by atoms with Crippen molar-refractivity contribution >= 4 is 40.0 Å². The summed E-state index contributed by atoms with van der Waals surface area (Å²) in [6, 6.07) is 15.5. The largest absolute Gasteiger partial charge is 0.352 e. The van der Waals surface area contributed by atoms with E-state index >= 15 is 0 Å². The van der Waals surface area contributed by atoms with E-state index in [1.807, 2.05) is 19.2 Å². The van der Waals surface area contributed by atoms with Gasteiger partial charge < -0.3 is 10.2 Å². The van der Waals surface area contributed by atoms with Crippen LogP contribution in [0, 0.1) is 6.92 Å². The monoisotopic (exact) mass is 528 g/mol. The van der Waals surface area contributed by atoms with Crippen LogP contribution in [0.3, 0.4) is 0 Å². The van der Waals surface area contributed by atoms with Crippen LogP contribution < -0.4 is 10.0 Å². The Kier molecular flexibility index (Phi) is 8.47. The molecule has 2 aromatic rings. The van der Waals surface area contributed by atoms with E-state index in [4.69, 9.17) is 0 Å². The molecule has 6 nitrogen and oxygen atoms in total. The van der Waals surface area contributed by atoms with Crippen molar-refractivity contribution in [3.8, 4) is 0 Å². The van der Waals surface area contributed by atoms with E-state index < -0.39 is 10.0 Å². The number of rotatable bonds is 7. The van der Waals surface area contributed by atoms with Gasteiger partial charge in [0.2, 0.25) is 10.0 Å². The van der Waals surface area contributed by atoms with Gasteiger partial charge in [-0.2, -0.15) is 0 Å². The van der Waals surface area contributed by atoms with Crippen LogP contribution in [0.2, 0.25) is 0 Å². The molecule has 0 amide bonds. The summed E-state index contributed by atoms with van der Waals surface area (Å²) in [6.45, 7) is 3.40. The van der Waals surface area contributed by atoms with Gasteiger partial charge in [0.05, 0.1) is 4.90 Å². The maximum absolute atomic E-state index is 12.2. The van der Waals surface area contributed by atoms with E-state index in [0.29, 0.717) is 11.4 Å². The Balaban J connectivity index is 0.00000300. The summed E-state index contributed by atoms with van der Waals surface area (Å²) in [4.78, 5) is 6.71. The fraction of sp³-hybridized carbons (Fsp3) is 0.381. The molecule has 2 aromatic carbocycles. The molecule has 0 saturated heterocycles. The highest BCUT2D eigenvalue weighted by Crippen LogP contribution is 2.22. The van der Waals surface area contributed by atoms with Crippen LogP contribution in [0.4, 0.5) is 0 Å². The van der Waals surface area contributed by atoms with E-state index in [0.717, 1.165) is 30.9 Å². The lowest BCUT2D eigenvalue weighted by atomic mass is 10.1. The van der Waals surface area contributed by atoms with Gasteiger partial charge in [0.1, 0.15) is 0 Å². The van der Waals surface area contributed by atoms with Gasteiger partial charge in [-0.25, -0.2) is 13.1 Å². The number of nitrogens with one attached hydrogen (secondary N) is 2. The van der Waals surface area contributed by atoms with Gasteiger partial charge >= 0.3 is 0 Å². The van der Waals surface area contributed by atoms with Crippen LogP contribution in [0.15, 0.2) is 58.4 Å². The van der Waals surface area contributed by atoms with Gasteiger partial charge in [0.15, 0.2) is 5.96 Å². The van der Waals surface area contributed by atoms with Crippen LogP contribution in [-0.2, 0) is 23.1 Å². The smallest absolute Gasteiger partial charge is 0.240 e. The molecule has 0 aliphatic heterocycles. The van der Waals surface area contributed by atoms with Crippen molar-refractivity contribution in [1.29, 1.82) is 0 Å². The number of guanidine groups is 1. The number of sulfonamides is 1. The van der Waals surface area contributed by atoms with Gasteiger partial charge in [-0.05, 0) is 43.0 Å². The van der Waals surface area contributed by atoms with Gasteiger partial charge in [0.25, 0.3) is 0 Å². The summed E-state index contributed by atoms with van der Waals surface area (Å²) in [7, 11) is 0.348. The topological polar surface area (TPSA) is 73.8 Å². The van der Waals surface area contributed by atoms with Crippen molar-refractivity contribution in [2.24, 2.45) is 4.99 Å². The average molecular weight is 528 g/mol. The zero-order valence-corrected chi connectivity index (χ0v) is 20.2. The molecule has 0 unspecified atom stereocenters. The molecule has 8 heteroatoms. The summed E-state index contributed by atoms with van der Waals surface area (Å²) in [5, 5.41) is 3.33. The first-order valence-electron chi connectivity index (χ1n) is 9.46. The Morgan fingerprint density at radius 2 is 1.66 bits per heavy atom. The molecule has 158 valence electrons. The molecule has 0 bridgehead atoms. The van der Waals surface area contributed by atoms with Crippen molar-refractivity contribution in [3.05, 3.63) is 65.2 Å². The van der Waals surface area contributed by atoms with E-state index in [1.165, 1.54) is 11.1 Å². The lowest BCUT2D eigenvalue weighted by Gasteiger charge is -2.22. The quantitative estimate of drug-likeness (QED) is 0.329. The molecule has 0 heterocycles. The summed E-state index contributed by atoms with van der Waals surface area (Å²) >= 11 is 0. The number of benzene rings is 2. The minimum Gasteiger partial charge on any atom is -0.352 e. The molecule has 0 radical (unpaired) electrons. The molecule has 1 saturated carbocycles. The highest BCUT2D eigenvalue weighted by Gasteiger charge is 2.27. The molecule has 1 fully saturated rings. The molecule has 3 rings (SSSR count). The molecule has 1 aliphatic rings. The fourth-order valence-corrected chi connectivity index (χ4v) is 4.19. The predicted molar refractivity (Wildman–Crippen MR) is 128 cm³/mol. The Bertz CT molecular complexity index is 924. The molecule has 29 heavy (non-hydrogen) atoms. The van der Waals surface area contributed by atoms with Crippen LogP contribution in [-0.4, -0.2) is 39.4 Å². The SMILES string of the molecule is CN=C(NCc1ccc(S(=O)(=O)NC2CC2)cc1)N(C)Cc1ccc(C)cc1.I. The Morgan fingerprint density at radius 1 is 1.07 bits per heavy atom. The number of halogens is 1. The second-order valence-electron chi connectivity index (χ2n) is 7.28. The fourth-order valence-electron chi connectivity index (χ4n) is 2.88. The zero-order chi connectivity index (χ0) is 20.1. The number of aliphatic imine (C=N–C) groups is 1. The van der Waals surface area contributed by atoms with E-state index in [-0.39, 0.29) is 30.0 Å². The third kappa shape index (κ3) is 6.97. The number of hydrogen-bond acceptors (Lipinski definition) is 3. The van der Waals surface area contributed by atoms with Crippen molar-refractivity contribution in [1.82, 2.24) is 14.9 Å². The third-order valence-corrected chi connectivity index (χ3v) is 6.23. The Hall–Kier alpha value is -1.65. The standard InChI is InChI=1S/C21H28N4O2S.HI/c1-16-4-6-18(7-5-16)15-25(3)21(22-2)23-14-17-8-12-20(13-9-17)28(26,27)24-19-10-11-19;/h4-9,12-13,19,24H,10-11,14-15H2,1-3H3,(H,22,23);1H. The van der Waals surface area contributed by atoms with Crippen molar-refractivity contribution in [2.75, 3.05) is 14.1 Å². The molecule has 1 aliphatic carbocycles. The second-order valence-corrected chi connectivity index (χ2v) is 9.00. The maximum Gasteiger partial charge on any atom is 0.240 e. The zero-order valence-electron chi connectivity index (χ0n) is 17.1. The lowest BCUT2D eigenvalue weighted by Crippen LogP contribution is -2.38. The minimum atomic E-state index is -3.40. The van der Waals surface area contributed by atoms with Crippen molar-refractivity contribution in [3.63, 3.8) is 0 Å². The first-order chi connectivity index (χ1) is 13.4. The van der Waals surface area contributed by atoms with E-state index in [2.05, 4.69) is 51.1 Å². The highest BCUT2D eigenvalue weighted by molar-refractivity contribution is 14.0. The summed E-state index contributed by atoms with van der Waals surface area (Å²) in [5.41, 5.74) is 3.45. The molecule has 0 atom stereocenters. The van der Waals surface area contributed by atoms with Crippen molar-refractivity contribution in [2.45, 2.75) is 43.8 Å². The number of hydrogen-bond donors (Lipinski definition) is 2. The Labute approximate surface area is 190 Å². The normalized spacial score (nSPS) is 14.2. The summed E-state index contributed by atoms with van der Waals surface area (Å²) in [5.74, 6) is 0.785. The minimum absolute atomic E-state index is 0. The van der Waals surface area contributed by atoms with Crippen LogP contribution in [0.5, 0.6) is 0 Å². The van der Waals surface area contributed by atoms with E-state index in [9.17, 15) is 8.42 Å². The second kappa shape index (κ2) is 10.4. The van der Waals surface area contributed by atoms with Crippen LogP contribution >= 0.6 is 24.0 Å². The molecule has 0 spiro atoms. The average Bonchev–Trinajstić information content (AvgIpc) is 3.48. The molecule has 2 N–H and O–H groups in total. The summed E-state index contributed by atoms with van der Waals surface area (Å²) in [6.07, 6.45) is 1.85. The van der Waals surface area contributed by atoms with Gasteiger partial charge in [-0.3, -0.25) is 4.99 Å². The van der Waals surface area contributed by atoms with Crippen molar-refractivity contribution < 1.29 is 8.42 Å². The van der Waals surface area contributed by atoms with Crippen LogP contribution in [0.25, 0.3) is 0 Å². The van der Waals surface area contributed by atoms with E-state index in [1.54, 1.807) is 19.2 Å².